The number of allylic oxidation sites excluding steroid dienone is 1. The van der Waals surface area contributed by atoms with Gasteiger partial charge in [0.1, 0.15) is 0 Å². The fourth-order valence-electron chi connectivity index (χ4n) is 2.37. The van der Waals surface area contributed by atoms with Crippen LogP contribution in [0.2, 0.25) is 0 Å². The number of hydrogen-bond acceptors (Lipinski definition) is 0. The van der Waals surface area contributed by atoms with E-state index in [0.29, 0.717) is 0 Å². The van der Waals surface area contributed by atoms with E-state index in [4.69, 9.17) is 11.6 Å². The monoisotopic (exact) mass is 239 g/mol. The Morgan fingerprint density at radius 3 is 2.35 bits per heavy atom. The van der Waals surface area contributed by atoms with Crippen LogP contribution in [0.3, 0.4) is 0 Å². The van der Waals surface area contributed by atoms with E-state index in [9.17, 15) is 0 Å². The molecule has 0 fully saturated rings. The molecule has 2 aromatic rings. The third-order valence-electron chi connectivity index (χ3n) is 3.18. The third kappa shape index (κ3) is 1.79. The second-order valence-electron chi connectivity index (χ2n) is 4.19. The summed E-state index contributed by atoms with van der Waals surface area (Å²) in [7, 11) is 0. The number of rotatable bonds is 2. The normalized spacial score (nSPS) is 17.7. The smallest absolute Gasteiger partial charge is 0.0612 e. The standard InChI is InChI=1S/C16H12Cl/c17-11-13-10-16(12-6-2-1-3-7-12)15-9-5-4-8-14(13)15/h1-11,13H. The van der Waals surface area contributed by atoms with Crippen molar-refractivity contribution in [3.05, 3.63) is 83.2 Å². The molecule has 0 aliphatic heterocycles. The topological polar surface area (TPSA) is 0 Å². The average Bonchev–Trinajstić information content (AvgIpc) is 2.78. The van der Waals surface area contributed by atoms with Gasteiger partial charge in [0.05, 0.1) is 5.88 Å². The molecule has 0 nitrogen and oxygen atoms in total. The molecule has 1 atom stereocenters. The SMILES string of the molecule is Cl[CH]C1C=C(c2ccccc2)c2ccccc21. The summed E-state index contributed by atoms with van der Waals surface area (Å²) in [5.74, 6) is 1.96. The summed E-state index contributed by atoms with van der Waals surface area (Å²) >= 11 is 5.92. The van der Waals surface area contributed by atoms with Crippen LogP contribution >= 0.6 is 11.6 Å². The Kier molecular flexibility index (Phi) is 2.74. The van der Waals surface area contributed by atoms with Crippen molar-refractivity contribution >= 4 is 17.2 Å². The quantitative estimate of drug-likeness (QED) is 0.718. The molecular weight excluding hydrogens is 228 g/mol. The Labute approximate surface area is 107 Å². The summed E-state index contributed by atoms with van der Waals surface area (Å²) < 4.78 is 0. The van der Waals surface area contributed by atoms with Crippen LogP contribution in [0.1, 0.15) is 22.6 Å². The predicted octanol–water partition coefficient (Wildman–Crippen LogP) is 4.62. The summed E-state index contributed by atoms with van der Waals surface area (Å²) in [6.07, 6.45) is 2.23. The van der Waals surface area contributed by atoms with Crippen LogP contribution in [-0.2, 0) is 0 Å². The highest BCUT2D eigenvalue weighted by Crippen LogP contribution is 2.40. The van der Waals surface area contributed by atoms with Gasteiger partial charge in [-0.05, 0) is 22.3 Å². The first kappa shape index (κ1) is 10.6. The van der Waals surface area contributed by atoms with E-state index in [1.807, 2.05) is 6.07 Å². The van der Waals surface area contributed by atoms with E-state index >= 15 is 0 Å². The van der Waals surface area contributed by atoms with Crippen LogP contribution < -0.4 is 0 Å². The lowest BCUT2D eigenvalue weighted by molar-refractivity contribution is 1.08. The van der Waals surface area contributed by atoms with Crippen molar-refractivity contribution in [2.75, 3.05) is 0 Å². The van der Waals surface area contributed by atoms with Crippen molar-refractivity contribution in [3.8, 4) is 0 Å². The predicted molar refractivity (Wildman–Crippen MR) is 72.9 cm³/mol. The van der Waals surface area contributed by atoms with Gasteiger partial charge in [-0.1, -0.05) is 60.7 Å². The van der Waals surface area contributed by atoms with E-state index in [0.717, 1.165) is 0 Å². The van der Waals surface area contributed by atoms with Crippen LogP contribution in [0.25, 0.3) is 5.57 Å². The maximum Gasteiger partial charge on any atom is 0.0612 e. The second-order valence-corrected chi connectivity index (χ2v) is 4.44. The maximum absolute atomic E-state index is 5.92. The second kappa shape index (κ2) is 4.38. The highest BCUT2D eigenvalue weighted by Gasteiger charge is 2.22. The molecule has 0 saturated carbocycles. The van der Waals surface area contributed by atoms with E-state index in [1.54, 1.807) is 5.88 Å². The molecule has 1 heteroatoms. The van der Waals surface area contributed by atoms with Crippen molar-refractivity contribution < 1.29 is 0 Å². The highest BCUT2D eigenvalue weighted by molar-refractivity contribution is 6.24. The zero-order valence-corrected chi connectivity index (χ0v) is 10.1. The van der Waals surface area contributed by atoms with Crippen LogP contribution in [0, 0.1) is 5.88 Å². The summed E-state index contributed by atoms with van der Waals surface area (Å²) in [5, 5.41) is 0. The van der Waals surface area contributed by atoms with Crippen molar-refractivity contribution in [1.82, 2.24) is 0 Å². The van der Waals surface area contributed by atoms with Gasteiger partial charge in [0, 0.05) is 5.92 Å². The fourth-order valence-corrected chi connectivity index (χ4v) is 2.57. The minimum atomic E-state index is 0.225. The molecule has 0 bridgehead atoms. The van der Waals surface area contributed by atoms with Gasteiger partial charge in [-0.2, -0.15) is 0 Å². The zero-order valence-electron chi connectivity index (χ0n) is 9.31. The number of halogens is 1. The maximum atomic E-state index is 5.92. The Morgan fingerprint density at radius 1 is 0.882 bits per heavy atom. The van der Waals surface area contributed by atoms with E-state index in [2.05, 4.69) is 54.6 Å². The van der Waals surface area contributed by atoms with Crippen LogP contribution in [0.15, 0.2) is 60.7 Å². The lowest BCUT2D eigenvalue weighted by Crippen LogP contribution is -1.89. The largest absolute Gasteiger partial charge is 0.120 e. The minimum absolute atomic E-state index is 0.225. The molecule has 0 saturated heterocycles. The van der Waals surface area contributed by atoms with Gasteiger partial charge >= 0.3 is 0 Å². The van der Waals surface area contributed by atoms with E-state index in [-0.39, 0.29) is 5.92 Å². The Hall–Kier alpha value is -1.53. The highest BCUT2D eigenvalue weighted by atomic mass is 35.5. The summed E-state index contributed by atoms with van der Waals surface area (Å²) in [4.78, 5) is 0. The number of benzene rings is 2. The molecule has 0 amide bonds. The molecule has 1 aliphatic rings. The average molecular weight is 240 g/mol. The zero-order chi connectivity index (χ0) is 11.7. The van der Waals surface area contributed by atoms with Crippen molar-refractivity contribution in [1.29, 1.82) is 0 Å². The van der Waals surface area contributed by atoms with E-state index < -0.39 is 0 Å². The first-order chi connectivity index (χ1) is 8.40. The molecule has 1 radical (unpaired) electrons. The van der Waals surface area contributed by atoms with Gasteiger partial charge in [-0.3, -0.25) is 0 Å². The van der Waals surface area contributed by atoms with Gasteiger partial charge in [-0.15, -0.1) is 11.6 Å². The molecule has 0 aromatic heterocycles. The van der Waals surface area contributed by atoms with Gasteiger partial charge in [0.25, 0.3) is 0 Å². The Balaban J connectivity index is 2.13. The molecule has 0 heterocycles. The Morgan fingerprint density at radius 2 is 1.59 bits per heavy atom. The van der Waals surface area contributed by atoms with Gasteiger partial charge in [-0.25, -0.2) is 0 Å². The van der Waals surface area contributed by atoms with Gasteiger partial charge < -0.3 is 0 Å². The Bertz CT molecular complexity index is 555. The van der Waals surface area contributed by atoms with Crippen molar-refractivity contribution in [3.63, 3.8) is 0 Å². The number of hydrogen-bond donors (Lipinski definition) is 0. The van der Waals surface area contributed by atoms with Crippen LogP contribution in [-0.4, -0.2) is 0 Å². The third-order valence-corrected chi connectivity index (χ3v) is 3.45. The first-order valence-corrected chi connectivity index (χ1v) is 6.14. The molecule has 1 unspecified atom stereocenters. The van der Waals surface area contributed by atoms with Gasteiger partial charge in [0.2, 0.25) is 0 Å². The fraction of sp³-hybridized carbons (Fsp3) is 0.0625. The lowest BCUT2D eigenvalue weighted by Gasteiger charge is -2.06. The molecule has 3 rings (SSSR count). The van der Waals surface area contributed by atoms with Crippen molar-refractivity contribution in [2.24, 2.45) is 0 Å². The van der Waals surface area contributed by atoms with Crippen molar-refractivity contribution in [2.45, 2.75) is 5.92 Å². The molecular formula is C16H12Cl. The summed E-state index contributed by atoms with van der Waals surface area (Å²) in [5.41, 5.74) is 5.12. The molecule has 1 aliphatic carbocycles. The molecule has 0 N–H and O–H groups in total. The molecule has 0 spiro atoms. The minimum Gasteiger partial charge on any atom is -0.120 e. The first-order valence-electron chi connectivity index (χ1n) is 5.70. The lowest BCUT2D eigenvalue weighted by atomic mass is 9.98. The summed E-state index contributed by atoms with van der Waals surface area (Å²) in [6, 6.07) is 18.9. The molecule has 17 heavy (non-hydrogen) atoms. The summed E-state index contributed by atoms with van der Waals surface area (Å²) in [6.45, 7) is 0. The van der Waals surface area contributed by atoms with Gasteiger partial charge in [0.15, 0.2) is 0 Å². The molecule has 2 aromatic carbocycles. The van der Waals surface area contributed by atoms with Crippen LogP contribution in [0.5, 0.6) is 0 Å². The van der Waals surface area contributed by atoms with E-state index in [1.165, 1.54) is 22.3 Å². The number of fused-ring (bicyclic) bond motifs is 1. The van der Waals surface area contributed by atoms with Crippen LogP contribution in [0.4, 0.5) is 0 Å². The molecule has 83 valence electrons.